The Bertz CT molecular complexity index is 893. The van der Waals surface area contributed by atoms with Crippen molar-refractivity contribution in [2.24, 2.45) is 11.8 Å². The fraction of sp³-hybridized carbons (Fsp3) is 0.640. The molecule has 2 unspecified atom stereocenters. The van der Waals surface area contributed by atoms with Gasteiger partial charge in [0.2, 0.25) is 17.7 Å². The Morgan fingerprint density at radius 3 is 2.61 bits per heavy atom. The number of likely N-dealkylation sites (tertiary alicyclic amines) is 1. The average molecular weight is 458 g/mol. The number of β-amino-alcohol motifs (C(OH)–C–C–N with tert-alkyl or cyclic N) is 1. The van der Waals surface area contributed by atoms with Crippen molar-refractivity contribution in [1.29, 1.82) is 0 Å². The largest absolute Gasteiger partial charge is 0.395 e. The summed E-state index contributed by atoms with van der Waals surface area (Å²) >= 11 is 0. The molecule has 8 nitrogen and oxygen atoms in total. The van der Waals surface area contributed by atoms with E-state index < -0.39 is 29.1 Å². The third kappa shape index (κ3) is 4.04. The van der Waals surface area contributed by atoms with Crippen LogP contribution in [-0.2, 0) is 25.7 Å². The van der Waals surface area contributed by atoms with Gasteiger partial charge in [-0.3, -0.25) is 14.4 Å². The summed E-state index contributed by atoms with van der Waals surface area (Å²) in [7, 11) is 0. The lowest BCUT2D eigenvalue weighted by Gasteiger charge is -2.33. The van der Waals surface area contributed by atoms with Crippen molar-refractivity contribution in [3.05, 3.63) is 35.9 Å². The van der Waals surface area contributed by atoms with Crippen LogP contribution in [0, 0.1) is 11.8 Å². The molecular formula is C25H35N3O5. The summed E-state index contributed by atoms with van der Waals surface area (Å²) in [6.07, 6.45) is 4.06. The van der Waals surface area contributed by atoms with Gasteiger partial charge in [-0.2, -0.15) is 0 Å². The maximum absolute atomic E-state index is 13.6. The van der Waals surface area contributed by atoms with E-state index in [0.29, 0.717) is 25.9 Å². The number of carbonyl (C=O) groups is 3. The molecule has 0 radical (unpaired) electrons. The van der Waals surface area contributed by atoms with Crippen LogP contribution in [0.5, 0.6) is 0 Å². The molecule has 3 saturated heterocycles. The fourth-order valence-electron chi connectivity index (χ4n) is 6.05. The highest BCUT2D eigenvalue weighted by atomic mass is 16.5. The highest BCUT2D eigenvalue weighted by molar-refractivity contribution is 5.99. The zero-order valence-electron chi connectivity index (χ0n) is 19.5. The van der Waals surface area contributed by atoms with Gasteiger partial charge < -0.3 is 25.4 Å². The summed E-state index contributed by atoms with van der Waals surface area (Å²) in [5.74, 6) is -2.17. The number of benzene rings is 1. The van der Waals surface area contributed by atoms with Crippen molar-refractivity contribution in [2.75, 3.05) is 19.7 Å². The molecule has 1 aromatic rings. The number of aliphatic hydroxyl groups excluding tert-OH is 1. The molecule has 180 valence electrons. The molecule has 3 amide bonds. The Morgan fingerprint density at radius 1 is 1.15 bits per heavy atom. The average Bonchev–Trinajstić information content (AvgIpc) is 3.37. The van der Waals surface area contributed by atoms with Crippen LogP contribution in [-0.4, -0.2) is 64.7 Å². The van der Waals surface area contributed by atoms with Crippen molar-refractivity contribution in [3.8, 4) is 0 Å². The number of unbranched alkanes of at least 4 members (excludes halogenated alkanes) is 2. The van der Waals surface area contributed by atoms with E-state index in [-0.39, 0.29) is 30.9 Å². The van der Waals surface area contributed by atoms with Crippen LogP contribution >= 0.6 is 0 Å². The SMILES string of the molecule is CCCCCNC(=O)C1N(CCO)C(=O)[C@@H]2[C@H](C(=O)NCc3ccccc3)[C@]3(C)CCC12O3. The van der Waals surface area contributed by atoms with Crippen LogP contribution in [0.1, 0.15) is 51.5 Å². The second kappa shape index (κ2) is 9.43. The molecule has 5 atom stereocenters. The lowest BCUT2D eigenvalue weighted by Crippen LogP contribution is -2.55. The molecule has 0 aromatic heterocycles. The van der Waals surface area contributed by atoms with E-state index in [1.165, 1.54) is 4.90 Å². The number of carbonyl (C=O) groups excluding carboxylic acids is 3. The highest BCUT2D eigenvalue weighted by Gasteiger charge is 2.77. The van der Waals surface area contributed by atoms with Crippen LogP contribution in [0.3, 0.4) is 0 Å². The Hall–Kier alpha value is -2.45. The van der Waals surface area contributed by atoms with E-state index in [0.717, 1.165) is 24.8 Å². The molecule has 3 heterocycles. The van der Waals surface area contributed by atoms with Gasteiger partial charge in [0, 0.05) is 19.6 Å². The van der Waals surface area contributed by atoms with E-state index >= 15 is 0 Å². The van der Waals surface area contributed by atoms with E-state index in [2.05, 4.69) is 17.6 Å². The summed E-state index contributed by atoms with van der Waals surface area (Å²) in [5, 5.41) is 15.6. The maximum Gasteiger partial charge on any atom is 0.245 e. The van der Waals surface area contributed by atoms with Gasteiger partial charge in [-0.05, 0) is 31.7 Å². The summed E-state index contributed by atoms with van der Waals surface area (Å²) in [6.45, 7) is 4.66. The fourth-order valence-corrected chi connectivity index (χ4v) is 6.05. The topological polar surface area (TPSA) is 108 Å². The first-order valence-electron chi connectivity index (χ1n) is 12.1. The lowest BCUT2D eigenvalue weighted by molar-refractivity contribution is -0.146. The molecule has 3 N–H and O–H groups in total. The van der Waals surface area contributed by atoms with E-state index in [1.807, 2.05) is 37.3 Å². The third-order valence-electron chi connectivity index (χ3n) is 7.54. The number of nitrogens with one attached hydrogen (secondary N) is 2. The minimum atomic E-state index is -1.04. The molecule has 3 fully saturated rings. The van der Waals surface area contributed by atoms with Gasteiger partial charge in [-0.15, -0.1) is 0 Å². The smallest absolute Gasteiger partial charge is 0.245 e. The van der Waals surface area contributed by atoms with Crippen LogP contribution in [0.4, 0.5) is 0 Å². The van der Waals surface area contributed by atoms with Crippen molar-refractivity contribution < 1.29 is 24.2 Å². The number of nitrogens with zero attached hydrogens (tertiary/aromatic N) is 1. The summed E-state index contributed by atoms with van der Waals surface area (Å²) in [5.41, 5.74) is -0.864. The Kier molecular flexibility index (Phi) is 6.77. The van der Waals surface area contributed by atoms with E-state index in [9.17, 15) is 19.5 Å². The van der Waals surface area contributed by atoms with Crippen LogP contribution < -0.4 is 10.6 Å². The maximum atomic E-state index is 13.6. The quantitative estimate of drug-likeness (QED) is 0.460. The molecular weight excluding hydrogens is 422 g/mol. The van der Waals surface area contributed by atoms with Gasteiger partial charge in [0.15, 0.2) is 0 Å². The van der Waals surface area contributed by atoms with Gasteiger partial charge in [0.05, 0.1) is 24.0 Å². The van der Waals surface area contributed by atoms with Crippen molar-refractivity contribution in [3.63, 3.8) is 0 Å². The predicted octanol–water partition coefficient (Wildman–Crippen LogP) is 1.37. The first kappa shape index (κ1) is 23.7. The predicted molar refractivity (Wildman–Crippen MR) is 122 cm³/mol. The molecule has 33 heavy (non-hydrogen) atoms. The minimum Gasteiger partial charge on any atom is -0.395 e. The monoisotopic (exact) mass is 457 g/mol. The molecule has 1 spiro atoms. The van der Waals surface area contributed by atoms with Crippen molar-refractivity contribution in [1.82, 2.24) is 15.5 Å². The van der Waals surface area contributed by atoms with Gasteiger partial charge in [0.25, 0.3) is 0 Å². The van der Waals surface area contributed by atoms with Gasteiger partial charge in [0.1, 0.15) is 11.6 Å². The van der Waals surface area contributed by atoms with Gasteiger partial charge in [-0.25, -0.2) is 0 Å². The molecule has 0 aliphatic carbocycles. The number of hydrogen-bond donors (Lipinski definition) is 3. The standard InChI is InChI=1S/C25H35N3O5/c1-3-4-8-13-26-22(31)20-25-12-11-24(2,33-25)18(19(25)23(32)28(20)14-15-29)21(30)27-16-17-9-6-5-7-10-17/h5-7,9-10,18-20,29H,3-4,8,11-16H2,1-2H3,(H,26,31)(H,27,30)/t18-,19+,20?,24+,25?/m1/s1. The zero-order chi connectivity index (χ0) is 23.6. The molecule has 0 saturated carbocycles. The normalized spacial score (nSPS) is 32.2. The van der Waals surface area contributed by atoms with E-state index in [4.69, 9.17) is 4.74 Å². The highest BCUT2D eigenvalue weighted by Crippen LogP contribution is 2.63. The Labute approximate surface area is 195 Å². The number of amides is 3. The van der Waals surface area contributed by atoms with Crippen molar-refractivity contribution in [2.45, 2.75) is 69.7 Å². The Morgan fingerprint density at radius 2 is 1.91 bits per heavy atom. The second-order valence-electron chi connectivity index (χ2n) is 9.68. The number of hydrogen-bond acceptors (Lipinski definition) is 5. The van der Waals surface area contributed by atoms with E-state index in [1.54, 1.807) is 0 Å². The number of ether oxygens (including phenoxy) is 1. The molecule has 2 bridgehead atoms. The molecule has 8 heteroatoms. The second-order valence-corrected chi connectivity index (χ2v) is 9.68. The van der Waals surface area contributed by atoms with Crippen LogP contribution in [0.2, 0.25) is 0 Å². The van der Waals surface area contributed by atoms with Gasteiger partial charge in [-0.1, -0.05) is 50.1 Å². The molecule has 1 aromatic carbocycles. The van der Waals surface area contributed by atoms with Crippen LogP contribution in [0.25, 0.3) is 0 Å². The first-order chi connectivity index (χ1) is 15.9. The van der Waals surface area contributed by atoms with Crippen LogP contribution in [0.15, 0.2) is 30.3 Å². The molecule has 3 aliphatic heterocycles. The summed E-state index contributed by atoms with van der Waals surface area (Å²) in [6, 6.07) is 8.77. The molecule has 4 rings (SSSR count). The Balaban J connectivity index is 1.57. The third-order valence-corrected chi connectivity index (χ3v) is 7.54. The van der Waals surface area contributed by atoms with Crippen molar-refractivity contribution >= 4 is 17.7 Å². The molecule has 3 aliphatic rings. The summed E-state index contributed by atoms with van der Waals surface area (Å²) < 4.78 is 6.50. The first-order valence-corrected chi connectivity index (χ1v) is 12.1. The summed E-state index contributed by atoms with van der Waals surface area (Å²) in [4.78, 5) is 41.7. The zero-order valence-corrected chi connectivity index (χ0v) is 19.5. The lowest BCUT2D eigenvalue weighted by atomic mass is 9.66. The number of rotatable bonds is 10. The van der Waals surface area contributed by atoms with Gasteiger partial charge >= 0.3 is 0 Å². The number of fused-ring (bicyclic) bond motifs is 1. The minimum absolute atomic E-state index is 0.0442. The number of aliphatic hydroxyl groups is 1.